The van der Waals surface area contributed by atoms with Gasteiger partial charge in [0.05, 0.1) is 12.7 Å². The summed E-state index contributed by atoms with van der Waals surface area (Å²) in [5.41, 5.74) is 5.17. The number of carbonyl (C=O) groups is 1. The van der Waals surface area contributed by atoms with Crippen LogP contribution >= 0.6 is 0 Å². The highest BCUT2D eigenvalue weighted by molar-refractivity contribution is 5.73. The Morgan fingerprint density at radius 3 is 2.36 bits per heavy atom. The van der Waals surface area contributed by atoms with Crippen molar-refractivity contribution in [2.45, 2.75) is 19.1 Å². The lowest BCUT2D eigenvalue weighted by Crippen LogP contribution is -2.43. The Morgan fingerprint density at radius 2 is 2.09 bits per heavy atom. The van der Waals surface area contributed by atoms with Crippen LogP contribution in [-0.2, 0) is 4.79 Å². The van der Waals surface area contributed by atoms with Crippen molar-refractivity contribution in [1.29, 1.82) is 0 Å². The Hall–Kier alpha value is -0.650. The van der Waals surface area contributed by atoms with E-state index in [2.05, 4.69) is 0 Å². The SMILES string of the molecule is C[C@@H](C(O)CO)C(N)C(=O)O. The minimum atomic E-state index is -1.18. The third-order valence-electron chi connectivity index (χ3n) is 1.65. The minimum absolute atomic E-state index is 0.470. The molecule has 0 aromatic rings. The first-order valence-corrected chi connectivity index (χ1v) is 3.28. The predicted octanol–water partition coefficient (Wildman–Crippen LogP) is -1.61. The highest BCUT2D eigenvalue weighted by Crippen LogP contribution is 2.06. The average Bonchev–Trinajstić information content (AvgIpc) is 2.00. The van der Waals surface area contributed by atoms with E-state index in [1.807, 2.05) is 0 Å². The topological polar surface area (TPSA) is 104 Å². The fraction of sp³-hybridized carbons (Fsp3) is 0.833. The van der Waals surface area contributed by atoms with Gasteiger partial charge in [0.1, 0.15) is 6.04 Å². The molecule has 5 N–H and O–H groups in total. The maximum Gasteiger partial charge on any atom is 0.320 e. The number of aliphatic hydroxyl groups is 2. The van der Waals surface area contributed by atoms with Crippen molar-refractivity contribution >= 4 is 5.97 Å². The van der Waals surface area contributed by atoms with Crippen molar-refractivity contribution in [2.75, 3.05) is 6.61 Å². The second-order valence-corrected chi connectivity index (χ2v) is 2.47. The highest BCUT2D eigenvalue weighted by atomic mass is 16.4. The summed E-state index contributed by atoms with van der Waals surface area (Å²) in [7, 11) is 0. The van der Waals surface area contributed by atoms with Crippen LogP contribution in [-0.4, -0.2) is 40.0 Å². The molecule has 3 atom stereocenters. The zero-order chi connectivity index (χ0) is 9.02. The fourth-order valence-corrected chi connectivity index (χ4v) is 0.630. The Balaban J connectivity index is 4.00. The zero-order valence-corrected chi connectivity index (χ0v) is 6.27. The van der Waals surface area contributed by atoms with Gasteiger partial charge in [0, 0.05) is 5.92 Å². The van der Waals surface area contributed by atoms with Crippen LogP contribution in [0.2, 0.25) is 0 Å². The molecule has 0 fully saturated rings. The molecule has 0 saturated heterocycles. The Kier molecular flexibility index (Phi) is 4.02. The van der Waals surface area contributed by atoms with Crippen molar-refractivity contribution in [1.82, 2.24) is 0 Å². The Bertz CT molecular complexity index is 139. The quantitative estimate of drug-likeness (QED) is 0.399. The van der Waals surface area contributed by atoms with E-state index in [4.69, 9.17) is 21.1 Å². The highest BCUT2D eigenvalue weighted by Gasteiger charge is 2.25. The van der Waals surface area contributed by atoms with Crippen LogP contribution in [0.4, 0.5) is 0 Å². The van der Waals surface area contributed by atoms with Gasteiger partial charge < -0.3 is 21.1 Å². The lowest BCUT2D eigenvalue weighted by atomic mass is 9.97. The first kappa shape index (κ1) is 10.3. The minimum Gasteiger partial charge on any atom is -0.480 e. The van der Waals surface area contributed by atoms with Crippen LogP contribution in [0.15, 0.2) is 0 Å². The summed E-state index contributed by atoms with van der Waals surface area (Å²) < 4.78 is 0. The maximum absolute atomic E-state index is 10.2. The fourth-order valence-electron chi connectivity index (χ4n) is 0.630. The van der Waals surface area contributed by atoms with Gasteiger partial charge in [0.2, 0.25) is 0 Å². The molecule has 0 aliphatic carbocycles. The lowest BCUT2D eigenvalue weighted by molar-refractivity contribution is -0.141. The molecule has 0 radical (unpaired) electrons. The van der Waals surface area contributed by atoms with Gasteiger partial charge in [-0.25, -0.2) is 0 Å². The van der Waals surface area contributed by atoms with E-state index in [0.29, 0.717) is 0 Å². The number of hydrogen-bond donors (Lipinski definition) is 4. The summed E-state index contributed by atoms with van der Waals surface area (Å²) in [4.78, 5) is 10.2. The summed E-state index contributed by atoms with van der Waals surface area (Å²) in [5, 5.41) is 25.8. The second-order valence-electron chi connectivity index (χ2n) is 2.47. The molecule has 0 aromatic carbocycles. The van der Waals surface area contributed by atoms with Gasteiger partial charge in [-0.1, -0.05) is 6.92 Å². The first-order valence-electron chi connectivity index (χ1n) is 3.28. The first-order chi connectivity index (χ1) is 5.00. The van der Waals surface area contributed by atoms with Crippen LogP contribution in [0.25, 0.3) is 0 Å². The standard InChI is InChI=1S/C6H13NO4/c1-3(4(9)2-8)5(7)6(10)11/h3-5,8-9H,2,7H2,1H3,(H,10,11)/t3-,4?,5?/m0/s1. The predicted molar refractivity (Wildman–Crippen MR) is 37.9 cm³/mol. The second kappa shape index (κ2) is 4.27. The average molecular weight is 163 g/mol. The molecular formula is C6H13NO4. The monoisotopic (exact) mass is 163 g/mol. The number of rotatable bonds is 4. The Labute approximate surface area is 64.4 Å². The van der Waals surface area contributed by atoms with Crippen molar-refractivity contribution in [3.8, 4) is 0 Å². The van der Waals surface area contributed by atoms with Crippen LogP contribution in [0.1, 0.15) is 6.92 Å². The van der Waals surface area contributed by atoms with Gasteiger partial charge in [-0.2, -0.15) is 0 Å². The number of carboxylic acids is 1. The van der Waals surface area contributed by atoms with Crippen molar-refractivity contribution < 1.29 is 20.1 Å². The van der Waals surface area contributed by atoms with Crippen molar-refractivity contribution in [3.63, 3.8) is 0 Å². The molecule has 0 rings (SSSR count). The van der Waals surface area contributed by atoms with E-state index in [1.54, 1.807) is 0 Å². The molecule has 0 amide bonds. The molecule has 5 heteroatoms. The van der Waals surface area contributed by atoms with E-state index in [9.17, 15) is 4.79 Å². The number of hydrogen-bond acceptors (Lipinski definition) is 4. The largest absolute Gasteiger partial charge is 0.480 e. The maximum atomic E-state index is 10.2. The molecule has 0 saturated carbocycles. The molecule has 0 heterocycles. The molecule has 0 spiro atoms. The zero-order valence-electron chi connectivity index (χ0n) is 6.27. The lowest BCUT2D eigenvalue weighted by Gasteiger charge is -2.19. The molecule has 0 aliphatic rings. The summed E-state index contributed by atoms with van der Waals surface area (Å²) in [6, 6.07) is -1.13. The van der Waals surface area contributed by atoms with Gasteiger partial charge in [0.25, 0.3) is 0 Å². The molecule has 5 nitrogen and oxygen atoms in total. The molecular weight excluding hydrogens is 150 g/mol. The summed E-state index contributed by atoms with van der Waals surface area (Å²) in [5.74, 6) is -1.82. The van der Waals surface area contributed by atoms with Crippen LogP contribution in [0.3, 0.4) is 0 Å². The molecule has 0 bridgehead atoms. The van der Waals surface area contributed by atoms with E-state index in [1.165, 1.54) is 6.92 Å². The van der Waals surface area contributed by atoms with E-state index < -0.39 is 30.6 Å². The molecule has 0 aliphatic heterocycles. The molecule has 11 heavy (non-hydrogen) atoms. The molecule has 0 aromatic heterocycles. The van der Waals surface area contributed by atoms with Crippen molar-refractivity contribution in [3.05, 3.63) is 0 Å². The van der Waals surface area contributed by atoms with E-state index in [0.717, 1.165) is 0 Å². The van der Waals surface area contributed by atoms with Crippen molar-refractivity contribution in [2.24, 2.45) is 11.7 Å². The number of nitrogens with two attached hydrogens (primary N) is 1. The molecule has 66 valence electrons. The summed E-state index contributed by atoms with van der Waals surface area (Å²) in [6.45, 7) is 1.00. The van der Waals surface area contributed by atoms with Gasteiger partial charge in [0.15, 0.2) is 0 Å². The normalized spacial score (nSPS) is 18.9. The van der Waals surface area contributed by atoms with Gasteiger partial charge in [-0.15, -0.1) is 0 Å². The smallest absolute Gasteiger partial charge is 0.320 e. The van der Waals surface area contributed by atoms with Gasteiger partial charge >= 0.3 is 5.97 Å². The number of carboxylic acid groups (broad SMARTS) is 1. The van der Waals surface area contributed by atoms with Crippen LogP contribution in [0, 0.1) is 5.92 Å². The summed E-state index contributed by atoms with van der Waals surface area (Å²) >= 11 is 0. The third-order valence-corrected chi connectivity index (χ3v) is 1.65. The number of aliphatic hydroxyl groups excluding tert-OH is 2. The molecule has 2 unspecified atom stereocenters. The Morgan fingerprint density at radius 1 is 1.64 bits per heavy atom. The van der Waals surface area contributed by atoms with Crippen LogP contribution < -0.4 is 5.73 Å². The van der Waals surface area contributed by atoms with E-state index in [-0.39, 0.29) is 0 Å². The van der Waals surface area contributed by atoms with E-state index >= 15 is 0 Å². The van der Waals surface area contributed by atoms with Gasteiger partial charge in [-0.3, -0.25) is 4.79 Å². The van der Waals surface area contributed by atoms with Gasteiger partial charge in [-0.05, 0) is 0 Å². The number of aliphatic carboxylic acids is 1. The van der Waals surface area contributed by atoms with Crippen LogP contribution in [0.5, 0.6) is 0 Å². The third kappa shape index (κ3) is 2.83. The summed E-state index contributed by atoms with van der Waals surface area (Å²) in [6.07, 6.45) is -1.07.